The van der Waals surface area contributed by atoms with Gasteiger partial charge in [-0.1, -0.05) is 30.3 Å². The Morgan fingerprint density at radius 3 is 2.59 bits per heavy atom. The first kappa shape index (κ1) is 13.7. The number of hydrogen-bond acceptors (Lipinski definition) is 3. The molecule has 0 amide bonds. The van der Waals surface area contributed by atoms with E-state index in [0.717, 1.165) is 6.54 Å². The molecule has 0 aromatic heterocycles. The van der Waals surface area contributed by atoms with Crippen LogP contribution in [0.4, 0.5) is 0 Å². The SMILES string of the molecule is CCOC(=O)CCN(C)C(C)c1ccccc1. The van der Waals surface area contributed by atoms with E-state index < -0.39 is 0 Å². The van der Waals surface area contributed by atoms with E-state index in [4.69, 9.17) is 4.74 Å². The average molecular weight is 235 g/mol. The molecule has 0 saturated heterocycles. The maximum Gasteiger partial charge on any atom is 0.307 e. The molecule has 0 saturated carbocycles. The van der Waals surface area contributed by atoms with Gasteiger partial charge in [0.2, 0.25) is 0 Å². The van der Waals surface area contributed by atoms with E-state index in [1.165, 1.54) is 5.56 Å². The molecule has 0 fully saturated rings. The molecular weight excluding hydrogens is 214 g/mol. The summed E-state index contributed by atoms with van der Waals surface area (Å²) in [6, 6.07) is 10.6. The molecule has 94 valence electrons. The van der Waals surface area contributed by atoms with Gasteiger partial charge in [0.1, 0.15) is 0 Å². The van der Waals surface area contributed by atoms with E-state index in [1.54, 1.807) is 0 Å². The second-order valence-corrected chi connectivity index (χ2v) is 4.12. The summed E-state index contributed by atoms with van der Waals surface area (Å²) in [7, 11) is 2.02. The first-order valence-electron chi connectivity index (χ1n) is 6.06. The number of nitrogens with zero attached hydrogens (tertiary/aromatic N) is 1. The van der Waals surface area contributed by atoms with E-state index >= 15 is 0 Å². The molecule has 1 atom stereocenters. The lowest BCUT2D eigenvalue weighted by Gasteiger charge is -2.24. The number of ether oxygens (including phenoxy) is 1. The van der Waals surface area contributed by atoms with Crippen LogP contribution in [0.1, 0.15) is 31.9 Å². The monoisotopic (exact) mass is 235 g/mol. The second-order valence-electron chi connectivity index (χ2n) is 4.12. The van der Waals surface area contributed by atoms with Crippen molar-refractivity contribution >= 4 is 5.97 Å². The van der Waals surface area contributed by atoms with Gasteiger partial charge in [0.25, 0.3) is 0 Å². The first-order valence-corrected chi connectivity index (χ1v) is 6.06. The minimum atomic E-state index is -0.125. The molecule has 0 N–H and O–H groups in total. The molecule has 1 rings (SSSR count). The summed E-state index contributed by atoms with van der Waals surface area (Å²) in [6.07, 6.45) is 0.446. The topological polar surface area (TPSA) is 29.5 Å². The van der Waals surface area contributed by atoms with Crippen LogP contribution in [-0.4, -0.2) is 31.1 Å². The van der Waals surface area contributed by atoms with Crippen LogP contribution in [0.3, 0.4) is 0 Å². The van der Waals surface area contributed by atoms with E-state index in [9.17, 15) is 4.79 Å². The highest BCUT2D eigenvalue weighted by Crippen LogP contribution is 2.17. The minimum Gasteiger partial charge on any atom is -0.466 e. The standard InChI is InChI=1S/C14H21NO2/c1-4-17-14(16)10-11-15(3)12(2)13-8-6-5-7-9-13/h5-9,12H,4,10-11H2,1-3H3. The zero-order chi connectivity index (χ0) is 12.7. The third-order valence-corrected chi connectivity index (χ3v) is 2.92. The summed E-state index contributed by atoms with van der Waals surface area (Å²) in [4.78, 5) is 13.4. The summed E-state index contributed by atoms with van der Waals surface area (Å²) in [5.74, 6) is -0.125. The molecule has 0 bridgehead atoms. The lowest BCUT2D eigenvalue weighted by Crippen LogP contribution is -2.25. The highest BCUT2D eigenvalue weighted by Gasteiger charge is 2.12. The lowest BCUT2D eigenvalue weighted by molar-refractivity contribution is -0.143. The van der Waals surface area contributed by atoms with Crippen LogP contribution in [0.15, 0.2) is 30.3 Å². The molecule has 0 aliphatic rings. The van der Waals surface area contributed by atoms with Crippen LogP contribution in [0, 0.1) is 0 Å². The van der Waals surface area contributed by atoms with Gasteiger partial charge in [-0.15, -0.1) is 0 Å². The number of benzene rings is 1. The summed E-state index contributed by atoms with van der Waals surface area (Å²) in [5, 5.41) is 0. The fraction of sp³-hybridized carbons (Fsp3) is 0.500. The zero-order valence-corrected chi connectivity index (χ0v) is 10.8. The van der Waals surface area contributed by atoms with Crippen molar-refractivity contribution in [3.63, 3.8) is 0 Å². The number of hydrogen-bond donors (Lipinski definition) is 0. The van der Waals surface area contributed by atoms with Crippen molar-refractivity contribution < 1.29 is 9.53 Å². The van der Waals surface area contributed by atoms with Gasteiger partial charge in [-0.25, -0.2) is 0 Å². The Kier molecular flexibility index (Phi) is 5.70. The minimum absolute atomic E-state index is 0.125. The number of carbonyl (C=O) groups is 1. The van der Waals surface area contributed by atoms with Gasteiger partial charge in [0, 0.05) is 12.6 Å². The average Bonchev–Trinajstić information content (AvgIpc) is 2.36. The van der Waals surface area contributed by atoms with Crippen molar-refractivity contribution in [2.24, 2.45) is 0 Å². The lowest BCUT2D eigenvalue weighted by atomic mass is 10.1. The quantitative estimate of drug-likeness (QED) is 0.710. The highest BCUT2D eigenvalue weighted by atomic mass is 16.5. The summed E-state index contributed by atoms with van der Waals surface area (Å²) < 4.78 is 4.91. The van der Waals surface area contributed by atoms with Crippen molar-refractivity contribution in [1.29, 1.82) is 0 Å². The summed E-state index contributed by atoms with van der Waals surface area (Å²) in [5.41, 5.74) is 1.26. The van der Waals surface area contributed by atoms with Crippen molar-refractivity contribution in [3.05, 3.63) is 35.9 Å². The predicted molar refractivity (Wildman–Crippen MR) is 68.7 cm³/mol. The molecule has 0 heterocycles. The molecule has 3 nitrogen and oxygen atoms in total. The van der Waals surface area contributed by atoms with E-state index in [-0.39, 0.29) is 5.97 Å². The molecular formula is C14H21NO2. The number of esters is 1. The third kappa shape index (κ3) is 4.57. The van der Waals surface area contributed by atoms with Gasteiger partial charge < -0.3 is 4.74 Å². The zero-order valence-electron chi connectivity index (χ0n) is 10.8. The van der Waals surface area contributed by atoms with Crippen LogP contribution in [0.2, 0.25) is 0 Å². The van der Waals surface area contributed by atoms with Crippen LogP contribution in [-0.2, 0) is 9.53 Å². The van der Waals surface area contributed by atoms with Crippen LogP contribution >= 0.6 is 0 Å². The third-order valence-electron chi connectivity index (χ3n) is 2.92. The van der Waals surface area contributed by atoms with Gasteiger partial charge in [-0.05, 0) is 26.5 Å². The summed E-state index contributed by atoms with van der Waals surface area (Å²) >= 11 is 0. The normalized spacial score (nSPS) is 12.5. The molecule has 0 radical (unpaired) electrons. The van der Waals surface area contributed by atoms with Gasteiger partial charge in [-0.3, -0.25) is 9.69 Å². The Labute approximate surface area is 103 Å². The van der Waals surface area contributed by atoms with E-state index in [2.05, 4.69) is 24.0 Å². The molecule has 0 aliphatic heterocycles. The van der Waals surface area contributed by atoms with E-state index in [0.29, 0.717) is 19.1 Å². The van der Waals surface area contributed by atoms with Gasteiger partial charge in [-0.2, -0.15) is 0 Å². The van der Waals surface area contributed by atoms with Gasteiger partial charge >= 0.3 is 5.97 Å². The second kappa shape index (κ2) is 7.07. The van der Waals surface area contributed by atoms with Crippen LogP contribution < -0.4 is 0 Å². The Bertz CT molecular complexity index is 337. The van der Waals surface area contributed by atoms with Crippen LogP contribution in [0.5, 0.6) is 0 Å². The fourth-order valence-corrected chi connectivity index (χ4v) is 1.68. The maximum absolute atomic E-state index is 11.3. The molecule has 17 heavy (non-hydrogen) atoms. The molecule has 0 aliphatic carbocycles. The van der Waals surface area contributed by atoms with Crippen molar-refractivity contribution in [3.8, 4) is 0 Å². The van der Waals surface area contributed by atoms with Crippen molar-refractivity contribution in [2.45, 2.75) is 26.3 Å². The fourth-order valence-electron chi connectivity index (χ4n) is 1.68. The molecule has 1 unspecified atom stereocenters. The van der Waals surface area contributed by atoms with E-state index in [1.807, 2.05) is 32.2 Å². The Morgan fingerprint density at radius 1 is 1.35 bits per heavy atom. The largest absolute Gasteiger partial charge is 0.466 e. The molecule has 1 aromatic carbocycles. The Hall–Kier alpha value is -1.35. The van der Waals surface area contributed by atoms with Crippen molar-refractivity contribution in [2.75, 3.05) is 20.2 Å². The Balaban J connectivity index is 2.42. The number of rotatable bonds is 6. The first-order chi connectivity index (χ1) is 8.15. The van der Waals surface area contributed by atoms with Gasteiger partial charge in [0.05, 0.1) is 13.0 Å². The smallest absolute Gasteiger partial charge is 0.307 e. The molecule has 1 aromatic rings. The molecule has 3 heteroatoms. The predicted octanol–water partition coefficient (Wildman–Crippen LogP) is 2.63. The summed E-state index contributed by atoms with van der Waals surface area (Å²) in [6.45, 7) is 5.14. The Morgan fingerprint density at radius 2 is 2.00 bits per heavy atom. The molecule has 0 spiro atoms. The maximum atomic E-state index is 11.3. The highest BCUT2D eigenvalue weighted by molar-refractivity contribution is 5.69. The van der Waals surface area contributed by atoms with Crippen molar-refractivity contribution in [1.82, 2.24) is 4.90 Å². The van der Waals surface area contributed by atoms with Gasteiger partial charge in [0.15, 0.2) is 0 Å². The number of carbonyl (C=O) groups excluding carboxylic acids is 1. The van der Waals surface area contributed by atoms with Crippen LogP contribution in [0.25, 0.3) is 0 Å².